The van der Waals surface area contributed by atoms with Gasteiger partial charge in [0.05, 0.1) is 17.7 Å². The predicted octanol–water partition coefficient (Wildman–Crippen LogP) is 5.37. The molecule has 28 heavy (non-hydrogen) atoms. The molecule has 0 atom stereocenters. The van der Waals surface area contributed by atoms with Crippen molar-refractivity contribution in [2.24, 2.45) is 0 Å². The zero-order chi connectivity index (χ0) is 18.9. The van der Waals surface area contributed by atoms with Crippen molar-refractivity contribution in [2.45, 2.75) is 4.90 Å². The molecule has 0 fully saturated rings. The molecular formula is C21H17N5OS. The second-order valence-corrected chi connectivity index (χ2v) is 7.16. The van der Waals surface area contributed by atoms with E-state index in [4.69, 9.17) is 9.72 Å². The van der Waals surface area contributed by atoms with Crippen molar-refractivity contribution in [3.8, 4) is 5.75 Å². The molecule has 7 heteroatoms. The first kappa shape index (κ1) is 16.7. The Morgan fingerprint density at radius 3 is 2.43 bits per heavy atom. The van der Waals surface area contributed by atoms with Crippen molar-refractivity contribution in [1.29, 1.82) is 0 Å². The van der Waals surface area contributed by atoms with Crippen LogP contribution in [0.3, 0.4) is 0 Å². The van der Waals surface area contributed by atoms with Gasteiger partial charge in [-0.3, -0.25) is 4.90 Å². The SMILES string of the molecule is COc1ccc(Nc2nc3n(n2)Sc2ccccc2N3c2ccccc2)cc1. The van der Waals surface area contributed by atoms with Crippen LogP contribution in [0.2, 0.25) is 0 Å². The van der Waals surface area contributed by atoms with Crippen LogP contribution in [-0.4, -0.2) is 21.3 Å². The maximum Gasteiger partial charge on any atom is 0.249 e. The first-order valence-corrected chi connectivity index (χ1v) is 9.60. The Morgan fingerprint density at radius 1 is 0.893 bits per heavy atom. The van der Waals surface area contributed by atoms with Gasteiger partial charge in [-0.05, 0) is 48.5 Å². The average molecular weight is 387 g/mol. The summed E-state index contributed by atoms with van der Waals surface area (Å²) >= 11 is 1.56. The lowest BCUT2D eigenvalue weighted by Crippen LogP contribution is -2.18. The summed E-state index contributed by atoms with van der Waals surface area (Å²) < 4.78 is 7.06. The number of nitrogens with one attached hydrogen (secondary N) is 1. The summed E-state index contributed by atoms with van der Waals surface area (Å²) in [5.74, 6) is 2.11. The van der Waals surface area contributed by atoms with Crippen LogP contribution in [0.4, 0.5) is 29.0 Å². The molecule has 1 aliphatic heterocycles. The van der Waals surface area contributed by atoms with Gasteiger partial charge in [-0.2, -0.15) is 9.07 Å². The lowest BCUT2D eigenvalue weighted by atomic mass is 10.2. The monoisotopic (exact) mass is 387 g/mol. The van der Waals surface area contributed by atoms with Gasteiger partial charge >= 0.3 is 0 Å². The van der Waals surface area contributed by atoms with E-state index in [2.05, 4.69) is 39.6 Å². The number of hydrogen-bond donors (Lipinski definition) is 1. The van der Waals surface area contributed by atoms with E-state index in [9.17, 15) is 0 Å². The molecule has 3 aromatic carbocycles. The van der Waals surface area contributed by atoms with Gasteiger partial charge in [0.1, 0.15) is 5.75 Å². The van der Waals surface area contributed by atoms with Crippen molar-refractivity contribution in [2.75, 3.05) is 17.3 Å². The molecule has 2 heterocycles. The number of anilines is 5. The Labute approximate surface area is 166 Å². The van der Waals surface area contributed by atoms with E-state index >= 15 is 0 Å². The summed E-state index contributed by atoms with van der Waals surface area (Å²) in [4.78, 5) is 8.01. The zero-order valence-corrected chi connectivity index (χ0v) is 15.9. The third-order valence-electron chi connectivity index (χ3n) is 4.41. The molecule has 0 radical (unpaired) electrons. The lowest BCUT2D eigenvalue weighted by Gasteiger charge is -2.29. The normalized spacial score (nSPS) is 12.2. The van der Waals surface area contributed by atoms with E-state index in [1.54, 1.807) is 19.1 Å². The second kappa shape index (κ2) is 6.94. The summed E-state index contributed by atoms with van der Waals surface area (Å²) in [6.45, 7) is 0. The number of nitrogens with zero attached hydrogens (tertiary/aromatic N) is 4. The summed E-state index contributed by atoms with van der Waals surface area (Å²) in [6.07, 6.45) is 0. The van der Waals surface area contributed by atoms with Crippen molar-refractivity contribution in [1.82, 2.24) is 14.2 Å². The Balaban J connectivity index is 1.54. The molecule has 0 saturated carbocycles. The van der Waals surface area contributed by atoms with Crippen LogP contribution in [0.15, 0.2) is 83.8 Å². The van der Waals surface area contributed by atoms with Crippen LogP contribution in [0.1, 0.15) is 0 Å². The fraction of sp³-hybridized carbons (Fsp3) is 0.0476. The molecule has 0 saturated heterocycles. The molecule has 0 amide bonds. The minimum atomic E-state index is 0.543. The molecule has 138 valence electrons. The Bertz CT molecular complexity index is 1110. The third-order valence-corrected chi connectivity index (χ3v) is 5.37. The zero-order valence-electron chi connectivity index (χ0n) is 15.1. The van der Waals surface area contributed by atoms with Gasteiger partial charge < -0.3 is 10.1 Å². The number of methoxy groups -OCH3 is 1. The van der Waals surface area contributed by atoms with Gasteiger partial charge in [0.2, 0.25) is 11.9 Å². The molecule has 4 aromatic rings. The van der Waals surface area contributed by atoms with Gasteiger partial charge in [0.25, 0.3) is 0 Å². The van der Waals surface area contributed by atoms with Gasteiger partial charge in [0, 0.05) is 23.3 Å². The smallest absolute Gasteiger partial charge is 0.249 e. The third kappa shape index (κ3) is 2.95. The number of ether oxygens (including phenoxy) is 1. The van der Waals surface area contributed by atoms with E-state index in [0.717, 1.165) is 33.7 Å². The molecular weight excluding hydrogens is 370 g/mol. The van der Waals surface area contributed by atoms with Crippen molar-refractivity contribution in [3.05, 3.63) is 78.9 Å². The maximum atomic E-state index is 5.21. The number of fused-ring (bicyclic) bond motifs is 2. The van der Waals surface area contributed by atoms with E-state index in [-0.39, 0.29) is 0 Å². The maximum absolute atomic E-state index is 5.21. The Kier molecular flexibility index (Phi) is 4.14. The number of para-hydroxylation sites is 2. The molecule has 1 aromatic heterocycles. The van der Waals surface area contributed by atoms with Crippen LogP contribution in [0, 0.1) is 0 Å². The largest absolute Gasteiger partial charge is 0.497 e. The predicted molar refractivity (Wildman–Crippen MR) is 112 cm³/mol. The summed E-state index contributed by atoms with van der Waals surface area (Å²) in [5.41, 5.74) is 3.03. The molecule has 1 N–H and O–H groups in total. The molecule has 0 bridgehead atoms. The molecule has 0 unspecified atom stereocenters. The fourth-order valence-electron chi connectivity index (χ4n) is 3.10. The minimum Gasteiger partial charge on any atom is -0.497 e. The first-order chi connectivity index (χ1) is 13.8. The van der Waals surface area contributed by atoms with E-state index < -0.39 is 0 Å². The highest BCUT2D eigenvalue weighted by Gasteiger charge is 2.28. The summed E-state index contributed by atoms with van der Waals surface area (Å²) in [5, 5.41) is 7.92. The average Bonchev–Trinajstić information content (AvgIpc) is 3.14. The molecule has 1 aliphatic rings. The highest BCUT2D eigenvalue weighted by molar-refractivity contribution is 7.98. The van der Waals surface area contributed by atoms with Crippen molar-refractivity contribution in [3.63, 3.8) is 0 Å². The number of rotatable bonds is 4. The standard InChI is InChI=1S/C21H17N5OS/c1-27-17-13-11-15(12-14-17)22-20-23-21-25(16-7-3-2-4-8-16)18-9-5-6-10-19(18)28-26(21)24-20/h2-14H,1H3,(H,22,24). The topological polar surface area (TPSA) is 55.2 Å². The van der Waals surface area contributed by atoms with Gasteiger partial charge in [0.15, 0.2) is 0 Å². The van der Waals surface area contributed by atoms with Crippen molar-refractivity contribution >= 4 is 40.9 Å². The highest BCUT2D eigenvalue weighted by atomic mass is 32.2. The van der Waals surface area contributed by atoms with E-state index in [0.29, 0.717) is 5.95 Å². The summed E-state index contributed by atoms with van der Waals surface area (Å²) in [6, 6.07) is 26.2. The minimum absolute atomic E-state index is 0.543. The van der Waals surface area contributed by atoms with Gasteiger partial charge in [-0.1, -0.05) is 30.3 Å². The van der Waals surface area contributed by atoms with Gasteiger partial charge in [-0.15, -0.1) is 5.10 Å². The van der Waals surface area contributed by atoms with E-state index in [1.165, 1.54) is 0 Å². The van der Waals surface area contributed by atoms with Gasteiger partial charge in [-0.25, -0.2) is 0 Å². The first-order valence-electron chi connectivity index (χ1n) is 8.82. The molecule has 6 nitrogen and oxygen atoms in total. The molecule has 0 spiro atoms. The Morgan fingerprint density at radius 2 is 1.64 bits per heavy atom. The van der Waals surface area contributed by atoms with Crippen LogP contribution < -0.4 is 15.0 Å². The summed E-state index contributed by atoms with van der Waals surface area (Å²) in [7, 11) is 1.65. The van der Waals surface area contributed by atoms with Crippen LogP contribution in [0.25, 0.3) is 0 Å². The van der Waals surface area contributed by atoms with Crippen LogP contribution >= 0.6 is 11.9 Å². The van der Waals surface area contributed by atoms with Crippen LogP contribution in [-0.2, 0) is 0 Å². The number of benzene rings is 3. The van der Waals surface area contributed by atoms with Crippen molar-refractivity contribution < 1.29 is 4.74 Å². The molecule has 5 rings (SSSR count). The Hall–Kier alpha value is -3.45. The van der Waals surface area contributed by atoms with Crippen LogP contribution in [0.5, 0.6) is 5.75 Å². The van der Waals surface area contributed by atoms with E-state index in [1.807, 2.05) is 58.7 Å². The lowest BCUT2D eigenvalue weighted by molar-refractivity contribution is 0.415. The number of hydrogen-bond acceptors (Lipinski definition) is 6. The number of aromatic nitrogens is 3. The quantitative estimate of drug-likeness (QED) is 0.447. The fourth-order valence-corrected chi connectivity index (χ4v) is 4.00. The molecule has 0 aliphatic carbocycles. The second-order valence-electron chi connectivity index (χ2n) is 6.19. The highest BCUT2D eigenvalue weighted by Crippen LogP contribution is 2.45.